The lowest BCUT2D eigenvalue weighted by Gasteiger charge is -2.23. The molecule has 1 unspecified atom stereocenters. The molecule has 1 N–H and O–H groups in total. The fraction of sp³-hybridized carbons (Fsp3) is 0.769. The summed E-state index contributed by atoms with van der Waals surface area (Å²) in [6.45, 7) is 12.2. The number of rotatable bonds is 4. The van der Waals surface area contributed by atoms with Crippen LogP contribution in [0.5, 0.6) is 0 Å². The maximum absolute atomic E-state index is 4.81. The second kappa shape index (κ2) is 3.81. The third-order valence-corrected chi connectivity index (χ3v) is 4.55. The molecular formula is C13H22N2S. The lowest BCUT2D eigenvalue weighted by atomic mass is 10.0. The van der Waals surface area contributed by atoms with Crippen LogP contribution in [0, 0.1) is 5.41 Å². The maximum atomic E-state index is 4.81. The molecule has 90 valence electrons. The lowest BCUT2D eigenvalue weighted by Crippen LogP contribution is -2.36. The van der Waals surface area contributed by atoms with Crippen LogP contribution in [0.3, 0.4) is 0 Å². The van der Waals surface area contributed by atoms with E-state index >= 15 is 0 Å². The highest BCUT2D eigenvalue weighted by atomic mass is 32.1. The van der Waals surface area contributed by atoms with Gasteiger partial charge in [0.2, 0.25) is 0 Å². The van der Waals surface area contributed by atoms with Gasteiger partial charge < -0.3 is 5.32 Å². The minimum absolute atomic E-state index is 0.00251. The van der Waals surface area contributed by atoms with E-state index in [0.717, 1.165) is 6.54 Å². The van der Waals surface area contributed by atoms with Crippen LogP contribution in [-0.2, 0) is 5.54 Å². The van der Waals surface area contributed by atoms with Gasteiger partial charge in [0.05, 0.1) is 16.2 Å². The average molecular weight is 238 g/mol. The van der Waals surface area contributed by atoms with Crippen molar-refractivity contribution in [1.29, 1.82) is 0 Å². The van der Waals surface area contributed by atoms with Crippen LogP contribution in [-0.4, -0.2) is 11.5 Å². The highest BCUT2D eigenvalue weighted by molar-refractivity contribution is 7.09. The van der Waals surface area contributed by atoms with Crippen LogP contribution in [0.1, 0.15) is 57.7 Å². The number of hydrogen-bond acceptors (Lipinski definition) is 3. The molecule has 1 aliphatic rings. The molecule has 2 rings (SSSR count). The first-order chi connectivity index (χ1) is 7.37. The van der Waals surface area contributed by atoms with Crippen molar-refractivity contribution in [3.63, 3.8) is 0 Å². The van der Waals surface area contributed by atoms with E-state index in [9.17, 15) is 0 Å². The molecule has 0 bridgehead atoms. The van der Waals surface area contributed by atoms with Crippen molar-refractivity contribution < 1.29 is 0 Å². The van der Waals surface area contributed by atoms with Gasteiger partial charge in [0.1, 0.15) is 0 Å². The summed E-state index contributed by atoms with van der Waals surface area (Å²) >= 11 is 1.82. The molecule has 3 heteroatoms. The SMILES string of the molecule is CCNC(C)(C)c1csc(C2CC2(C)C)n1. The Labute approximate surface area is 102 Å². The average Bonchev–Trinajstić information content (AvgIpc) is 2.65. The van der Waals surface area contributed by atoms with Crippen LogP contribution in [0.2, 0.25) is 0 Å². The molecule has 0 aromatic carbocycles. The normalized spacial score (nSPS) is 23.4. The summed E-state index contributed by atoms with van der Waals surface area (Å²) in [4.78, 5) is 4.81. The van der Waals surface area contributed by atoms with Gasteiger partial charge in [-0.3, -0.25) is 0 Å². The lowest BCUT2D eigenvalue weighted by molar-refractivity contribution is 0.405. The van der Waals surface area contributed by atoms with Crippen LogP contribution in [0.4, 0.5) is 0 Å². The molecule has 0 spiro atoms. The van der Waals surface area contributed by atoms with Gasteiger partial charge in [0.25, 0.3) is 0 Å². The van der Waals surface area contributed by atoms with Crippen molar-refractivity contribution in [3.05, 3.63) is 16.1 Å². The quantitative estimate of drug-likeness (QED) is 0.868. The Balaban J connectivity index is 2.14. The van der Waals surface area contributed by atoms with E-state index in [4.69, 9.17) is 4.98 Å². The largest absolute Gasteiger partial charge is 0.307 e. The predicted molar refractivity (Wildman–Crippen MR) is 70.0 cm³/mol. The Kier molecular flexibility index (Phi) is 2.87. The van der Waals surface area contributed by atoms with Crippen molar-refractivity contribution in [2.75, 3.05) is 6.54 Å². The van der Waals surface area contributed by atoms with Gasteiger partial charge in [-0.05, 0) is 32.2 Å². The third kappa shape index (κ3) is 2.16. The smallest absolute Gasteiger partial charge is 0.0965 e. The summed E-state index contributed by atoms with van der Waals surface area (Å²) in [6, 6.07) is 0. The Morgan fingerprint density at radius 1 is 1.56 bits per heavy atom. The first kappa shape index (κ1) is 12.1. The Morgan fingerprint density at radius 2 is 2.19 bits per heavy atom. The Morgan fingerprint density at radius 3 is 2.69 bits per heavy atom. The number of thiazole rings is 1. The molecule has 0 amide bonds. The number of nitrogens with one attached hydrogen (secondary N) is 1. The van der Waals surface area contributed by atoms with E-state index in [1.807, 2.05) is 11.3 Å². The first-order valence-corrected chi connectivity index (χ1v) is 6.96. The number of aromatic nitrogens is 1. The molecule has 0 radical (unpaired) electrons. The van der Waals surface area contributed by atoms with Crippen molar-refractivity contribution in [1.82, 2.24) is 10.3 Å². The molecule has 0 saturated heterocycles. The van der Waals surface area contributed by atoms with E-state index < -0.39 is 0 Å². The van der Waals surface area contributed by atoms with Gasteiger partial charge in [-0.15, -0.1) is 11.3 Å². The molecule has 1 atom stereocenters. The molecule has 0 aliphatic heterocycles. The van der Waals surface area contributed by atoms with E-state index in [1.54, 1.807) is 0 Å². The highest BCUT2D eigenvalue weighted by Crippen LogP contribution is 2.59. The highest BCUT2D eigenvalue weighted by Gasteiger charge is 2.48. The summed E-state index contributed by atoms with van der Waals surface area (Å²) in [5.74, 6) is 0.698. The molecule has 2 nitrogen and oxygen atoms in total. The van der Waals surface area contributed by atoms with Crippen molar-refractivity contribution in [3.8, 4) is 0 Å². The van der Waals surface area contributed by atoms with Crippen LogP contribution in [0.25, 0.3) is 0 Å². The fourth-order valence-corrected chi connectivity index (χ4v) is 3.45. The molecule has 1 heterocycles. The van der Waals surface area contributed by atoms with Crippen molar-refractivity contribution >= 4 is 11.3 Å². The van der Waals surface area contributed by atoms with E-state index in [-0.39, 0.29) is 5.54 Å². The van der Waals surface area contributed by atoms with Gasteiger partial charge in [0.15, 0.2) is 0 Å². The summed E-state index contributed by atoms with van der Waals surface area (Å²) in [7, 11) is 0. The van der Waals surface area contributed by atoms with Crippen molar-refractivity contribution in [2.24, 2.45) is 5.41 Å². The van der Waals surface area contributed by atoms with E-state index in [2.05, 4.69) is 45.3 Å². The molecular weight excluding hydrogens is 216 g/mol. The maximum Gasteiger partial charge on any atom is 0.0965 e. The molecule has 16 heavy (non-hydrogen) atoms. The second-order valence-electron chi connectivity index (χ2n) is 5.97. The molecule has 1 aromatic heterocycles. The topological polar surface area (TPSA) is 24.9 Å². The third-order valence-electron chi connectivity index (χ3n) is 3.59. The van der Waals surface area contributed by atoms with Crippen LogP contribution < -0.4 is 5.32 Å². The van der Waals surface area contributed by atoms with Crippen molar-refractivity contribution in [2.45, 2.75) is 52.5 Å². The van der Waals surface area contributed by atoms with Crippen LogP contribution >= 0.6 is 11.3 Å². The number of nitrogens with zero attached hydrogens (tertiary/aromatic N) is 1. The van der Waals surface area contributed by atoms with Gasteiger partial charge >= 0.3 is 0 Å². The predicted octanol–water partition coefficient (Wildman–Crippen LogP) is 3.50. The molecule has 1 saturated carbocycles. The van der Waals surface area contributed by atoms with E-state index in [0.29, 0.717) is 11.3 Å². The zero-order valence-electron chi connectivity index (χ0n) is 10.9. The zero-order chi connectivity index (χ0) is 12.0. The summed E-state index contributed by atoms with van der Waals surface area (Å²) < 4.78 is 0. The molecule has 1 fully saturated rings. The van der Waals surface area contributed by atoms with Gasteiger partial charge in [-0.2, -0.15) is 0 Å². The summed E-state index contributed by atoms with van der Waals surface area (Å²) in [5.41, 5.74) is 1.68. The van der Waals surface area contributed by atoms with Crippen LogP contribution in [0.15, 0.2) is 5.38 Å². The Bertz CT molecular complexity index is 379. The standard InChI is InChI=1S/C13H22N2S/c1-6-14-13(4,5)10-8-16-11(15-10)9-7-12(9,2)3/h8-9,14H,6-7H2,1-5H3. The summed E-state index contributed by atoms with van der Waals surface area (Å²) in [5, 5.41) is 7.02. The number of hydrogen-bond donors (Lipinski definition) is 1. The first-order valence-electron chi connectivity index (χ1n) is 6.08. The minimum atomic E-state index is 0.00251. The molecule has 1 aromatic rings. The van der Waals surface area contributed by atoms with Gasteiger partial charge in [0, 0.05) is 11.3 Å². The summed E-state index contributed by atoms with van der Waals surface area (Å²) in [6.07, 6.45) is 1.29. The van der Waals surface area contributed by atoms with Gasteiger partial charge in [-0.25, -0.2) is 4.98 Å². The van der Waals surface area contributed by atoms with E-state index in [1.165, 1.54) is 17.1 Å². The van der Waals surface area contributed by atoms with Gasteiger partial charge in [-0.1, -0.05) is 20.8 Å². The zero-order valence-corrected chi connectivity index (χ0v) is 11.7. The fourth-order valence-electron chi connectivity index (χ4n) is 2.16. The Hall–Kier alpha value is -0.410. The second-order valence-corrected chi connectivity index (χ2v) is 6.86. The molecule has 1 aliphatic carbocycles. The minimum Gasteiger partial charge on any atom is -0.307 e. The monoisotopic (exact) mass is 238 g/mol.